The molecule has 0 aliphatic heterocycles. The topological polar surface area (TPSA) is 55.2 Å². The number of rotatable bonds is 4. The number of hydrogen-bond acceptors (Lipinski definition) is 4. The first-order chi connectivity index (χ1) is 13.8. The minimum absolute atomic E-state index is 0. The van der Waals surface area contributed by atoms with Crippen LogP contribution in [0.5, 0.6) is 5.75 Å². The van der Waals surface area contributed by atoms with Crippen LogP contribution in [-0.2, 0) is 27.7 Å². The quantitative estimate of drug-likeness (QED) is 0.369. The summed E-state index contributed by atoms with van der Waals surface area (Å²) < 4.78 is 5.23. The smallest absolute Gasteiger partial charge is 0.540 e. The second-order valence-corrected chi connectivity index (χ2v) is 5.77. The standard InChI is InChI=1S/2C12H10NO.Pt/c1-14-12-8-3-2-6-10(12)11-7-4-5-9-13-11;14-9-10-5-1-2-6-11(10)12-7-3-4-8-13-12;/h2-5,7-9H,1H3;1-5,7-8,14H,9H2;/q2*-1;+2. The van der Waals surface area contributed by atoms with E-state index in [1.165, 1.54) is 0 Å². The molecular weight excluding hydrogens is 543 g/mol. The van der Waals surface area contributed by atoms with Crippen molar-refractivity contribution in [2.45, 2.75) is 6.61 Å². The van der Waals surface area contributed by atoms with Crippen molar-refractivity contribution in [2.75, 3.05) is 7.11 Å². The first kappa shape index (κ1) is 22.5. The summed E-state index contributed by atoms with van der Waals surface area (Å²) in [7, 11) is 1.65. The SMILES string of the molecule is COc1ccc[c-]c1-c1ccccn1.OCc1ccc[c-]c1-c1ccccn1.[Pt+2]. The second-order valence-electron chi connectivity index (χ2n) is 5.77. The van der Waals surface area contributed by atoms with Gasteiger partial charge in [-0.05, 0) is 23.5 Å². The van der Waals surface area contributed by atoms with Crippen LogP contribution in [0.4, 0.5) is 0 Å². The Morgan fingerprint density at radius 3 is 1.93 bits per heavy atom. The zero-order chi connectivity index (χ0) is 19.6. The maximum absolute atomic E-state index is 9.13. The Kier molecular flexibility index (Phi) is 9.22. The molecule has 0 fully saturated rings. The van der Waals surface area contributed by atoms with Crippen molar-refractivity contribution in [3.05, 3.63) is 103 Å². The summed E-state index contributed by atoms with van der Waals surface area (Å²) in [5.41, 5.74) is 4.35. The molecule has 0 amide bonds. The maximum atomic E-state index is 9.13. The third kappa shape index (κ3) is 6.08. The summed E-state index contributed by atoms with van der Waals surface area (Å²) in [6.07, 6.45) is 3.49. The van der Waals surface area contributed by atoms with E-state index >= 15 is 0 Å². The van der Waals surface area contributed by atoms with E-state index in [4.69, 9.17) is 9.84 Å². The van der Waals surface area contributed by atoms with Gasteiger partial charge in [-0.1, -0.05) is 29.8 Å². The van der Waals surface area contributed by atoms with Crippen LogP contribution in [0.15, 0.2) is 85.2 Å². The largest absolute Gasteiger partial charge is 2.00 e. The van der Waals surface area contributed by atoms with Gasteiger partial charge in [-0.15, -0.1) is 59.7 Å². The van der Waals surface area contributed by atoms with E-state index in [2.05, 4.69) is 22.1 Å². The van der Waals surface area contributed by atoms with Crippen molar-refractivity contribution < 1.29 is 30.9 Å². The summed E-state index contributed by atoms with van der Waals surface area (Å²) in [5, 5.41) is 9.13. The van der Waals surface area contributed by atoms with Crippen LogP contribution in [0.25, 0.3) is 22.5 Å². The molecule has 29 heavy (non-hydrogen) atoms. The van der Waals surface area contributed by atoms with Crippen molar-refractivity contribution in [1.29, 1.82) is 0 Å². The maximum Gasteiger partial charge on any atom is 2.00 e. The monoisotopic (exact) mass is 563 g/mol. The van der Waals surface area contributed by atoms with Crippen LogP contribution in [-0.4, -0.2) is 22.2 Å². The Bertz CT molecular complexity index is 913. The van der Waals surface area contributed by atoms with Crippen LogP contribution in [0.1, 0.15) is 5.56 Å². The Morgan fingerprint density at radius 2 is 1.38 bits per heavy atom. The number of aliphatic hydroxyl groups excluding tert-OH is 1. The van der Waals surface area contributed by atoms with E-state index in [9.17, 15) is 0 Å². The molecule has 4 nitrogen and oxygen atoms in total. The molecule has 148 valence electrons. The van der Waals surface area contributed by atoms with E-state index in [1.54, 1.807) is 19.5 Å². The van der Waals surface area contributed by atoms with Crippen molar-refractivity contribution >= 4 is 0 Å². The van der Waals surface area contributed by atoms with Crippen LogP contribution < -0.4 is 4.74 Å². The first-order valence-electron chi connectivity index (χ1n) is 8.81. The Hall–Kier alpha value is -2.81. The normalized spacial score (nSPS) is 9.59. The molecule has 0 unspecified atom stereocenters. The Labute approximate surface area is 185 Å². The Morgan fingerprint density at radius 1 is 0.793 bits per heavy atom. The van der Waals surface area contributed by atoms with Crippen molar-refractivity contribution in [2.24, 2.45) is 0 Å². The summed E-state index contributed by atoms with van der Waals surface area (Å²) >= 11 is 0. The zero-order valence-corrected chi connectivity index (χ0v) is 18.1. The number of benzene rings is 2. The minimum Gasteiger partial charge on any atom is -0.540 e. The van der Waals surface area contributed by atoms with Gasteiger partial charge in [-0.2, -0.15) is 0 Å². The van der Waals surface area contributed by atoms with Gasteiger partial charge >= 0.3 is 21.1 Å². The molecule has 0 saturated carbocycles. The molecule has 2 aromatic heterocycles. The van der Waals surface area contributed by atoms with Crippen molar-refractivity contribution in [1.82, 2.24) is 9.97 Å². The first-order valence-corrected chi connectivity index (χ1v) is 8.81. The minimum atomic E-state index is 0. The Balaban J connectivity index is 0.000000200. The van der Waals surface area contributed by atoms with E-state index in [-0.39, 0.29) is 27.7 Å². The van der Waals surface area contributed by atoms with E-state index in [0.29, 0.717) is 0 Å². The fourth-order valence-electron chi connectivity index (χ4n) is 2.65. The van der Waals surface area contributed by atoms with Crippen LogP contribution >= 0.6 is 0 Å². The molecule has 0 bridgehead atoms. The van der Waals surface area contributed by atoms with Gasteiger partial charge in [-0.3, -0.25) is 0 Å². The van der Waals surface area contributed by atoms with Gasteiger partial charge in [0.25, 0.3) is 0 Å². The fraction of sp³-hybridized carbons (Fsp3) is 0.0833. The third-order valence-electron chi connectivity index (χ3n) is 3.99. The summed E-state index contributed by atoms with van der Waals surface area (Å²) in [5.74, 6) is 0.797. The van der Waals surface area contributed by atoms with Gasteiger partial charge in [0.15, 0.2) is 0 Å². The van der Waals surface area contributed by atoms with Crippen LogP contribution in [0.3, 0.4) is 0 Å². The molecule has 0 spiro atoms. The van der Waals surface area contributed by atoms with Gasteiger partial charge < -0.3 is 19.8 Å². The number of aliphatic hydroxyl groups is 1. The van der Waals surface area contributed by atoms with Crippen LogP contribution in [0, 0.1) is 12.1 Å². The van der Waals surface area contributed by atoms with Crippen molar-refractivity contribution in [3.63, 3.8) is 0 Å². The molecule has 0 aliphatic rings. The molecule has 0 radical (unpaired) electrons. The summed E-state index contributed by atoms with van der Waals surface area (Å²) in [6, 6.07) is 28.9. The predicted octanol–water partition coefficient (Wildman–Crippen LogP) is 4.60. The molecule has 0 saturated heterocycles. The van der Waals surface area contributed by atoms with Gasteiger partial charge in [0.05, 0.1) is 7.11 Å². The second kappa shape index (κ2) is 11.9. The summed E-state index contributed by atoms with van der Waals surface area (Å²) in [6.45, 7) is 0.0171. The summed E-state index contributed by atoms with van der Waals surface area (Å²) in [4.78, 5) is 8.46. The van der Waals surface area contributed by atoms with E-state index in [1.807, 2.05) is 72.8 Å². The van der Waals surface area contributed by atoms with Gasteiger partial charge in [-0.25, -0.2) is 0 Å². The van der Waals surface area contributed by atoms with Gasteiger partial charge in [0.2, 0.25) is 0 Å². The molecule has 4 aromatic rings. The molecule has 5 heteroatoms. The molecule has 4 rings (SSSR count). The molecule has 2 heterocycles. The molecule has 2 aromatic carbocycles. The van der Waals surface area contributed by atoms with Gasteiger partial charge in [0, 0.05) is 24.8 Å². The van der Waals surface area contributed by atoms with Crippen LogP contribution in [0.2, 0.25) is 0 Å². The zero-order valence-electron chi connectivity index (χ0n) is 15.9. The molecular formula is C24H20N2O2Pt. The average molecular weight is 564 g/mol. The fourth-order valence-corrected chi connectivity index (χ4v) is 2.65. The van der Waals surface area contributed by atoms with E-state index in [0.717, 1.165) is 33.8 Å². The number of methoxy groups -OCH3 is 1. The number of ether oxygens (including phenoxy) is 1. The molecule has 0 atom stereocenters. The van der Waals surface area contributed by atoms with Crippen molar-refractivity contribution in [3.8, 4) is 28.3 Å². The number of pyridine rings is 2. The third-order valence-corrected chi connectivity index (χ3v) is 3.99. The number of aromatic nitrogens is 2. The van der Waals surface area contributed by atoms with Gasteiger partial charge in [0.1, 0.15) is 0 Å². The van der Waals surface area contributed by atoms with E-state index < -0.39 is 0 Å². The average Bonchev–Trinajstić information content (AvgIpc) is 2.80. The molecule has 1 N–H and O–H groups in total. The molecule has 0 aliphatic carbocycles. The predicted molar refractivity (Wildman–Crippen MR) is 109 cm³/mol. The number of nitrogens with zero attached hydrogens (tertiary/aromatic N) is 2. The number of hydrogen-bond donors (Lipinski definition) is 1.